The first-order valence-corrected chi connectivity index (χ1v) is 8.23. The van der Waals surface area contributed by atoms with Crippen LogP contribution in [0.2, 0.25) is 0 Å². The van der Waals surface area contributed by atoms with Crippen molar-refractivity contribution in [2.75, 3.05) is 19.0 Å². The van der Waals surface area contributed by atoms with Crippen molar-refractivity contribution < 1.29 is 23.8 Å². The molecular weight excluding hydrogens is 334 g/mol. The van der Waals surface area contributed by atoms with Gasteiger partial charge in [0.25, 0.3) is 5.91 Å². The third-order valence-corrected chi connectivity index (χ3v) is 3.59. The Kier molecular flexibility index (Phi) is 6.60. The maximum atomic E-state index is 12.2. The number of para-hydroxylation sites is 2. The summed E-state index contributed by atoms with van der Waals surface area (Å²) in [7, 11) is 1.51. The highest BCUT2D eigenvalue weighted by Gasteiger charge is 2.19. The minimum Gasteiger partial charge on any atom is -0.495 e. The van der Waals surface area contributed by atoms with Gasteiger partial charge in [-0.25, -0.2) is 4.79 Å². The van der Waals surface area contributed by atoms with Gasteiger partial charge in [0.1, 0.15) is 11.5 Å². The van der Waals surface area contributed by atoms with Gasteiger partial charge in [0.15, 0.2) is 12.7 Å². The van der Waals surface area contributed by atoms with Gasteiger partial charge < -0.3 is 19.5 Å². The standard InChI is InChI=1S/C20H23NO5/c1-13-9-14(2)11-16(10-13)25-12-19(22)26-15(3)20(23)21-17-7-5-6-8-18(17)24-4/h5-11,15H,12H2,1-4H3,(H,21,23)/t15-/m1/s1. The van der Waals surface area contributed by atoms with Crippen LogP contribution in [-0.2, 0) is 14.3 Å². The van der Waals surface area contributed by atoms with Crippen molar-refractivity contribution in [3.8, 4) is 11.5 Å². The highest BCUT2D eigenvalue weighted by atomic mass is 16.6. The number of esters is 1. The highest BCUT2D eigenvalue weighted by Crippen LogP contribution is 2.23. The number of carbonyl (C=O) groups is 2. The Bertz CT molecular complexity index is 767. The SMILES string of the molecule is COc1ccccc1NC(=O)[C@@H](C)OC(=O)COc1cc(C)cc(C)c1. The Morgan fingerprint density at radius 2 is 1.73 bits per heavy atom. The highest BCUT2D eigenvalue weighted by molar-refractivity contribution is 5.96. The predicted molar refractivity (Wildman–Crippen MR) is 98.6 cm³/mol. The summed E-state index contributed by atoms with van der Waals surface area (Å²) in [5.74, 6) is 0.0455. The van der Waals surface area contributed by atoms with E-state index in [1.807, 2.05) is 32.0 Å². The zero-order chi connectivity index (χ0) is 19.1. The molecule has 0 bridgehead atoms. The normalized spacial score (nSPS) is 11.4. The Balaban J connectivity index is 1.86. The molecule has 0 heterocycles. The van der Waals surface area contributed by atoms with Crippen molar-refractivity contribution in [2.45, 2.75) is 26.9 Å². The molecule has 0 aromatic heterocycles. The van der Waals surface area contributed by atoms with Crippen LogP contribution >= 0.6 is 0 Å². The van der Waals surface area contributed by atoms with E-state index in [9.17, 15) is 9.59 Å². The van der Waals surface area contributed by atoms with Crippen molar-refractivity contribution in [1.82, 2.24) is 0 Å². The molecule has 0 aliphatic carbocycles. The molecule has 1 N–H and O–H groups in total. The lowest BCUT2D eigenvalue weighted by atomic mass is 10.1. The molecular formula is C20H23NO5. The Morgan fingerprint density at radius 1 is 1.08 bits per heavy atom. The molecule has 6 nitrogen and oxygen atoms in total. The van der Waals surface area contributed by atoms with E-state index in [2.05, 4.69) is 5.32 Å². The van der Waals surface area contributed by atoms with E-state index in [0.717, 1.165) is 11.1 Å². The zero-order valence-electron chi connectivity index (χ0n) is 15.4. The van der Waals surface area contributed by atoms with Gasteiger partial charge in [0.2, 0.25) is 0 Å². The number of hydrogen-bond acceptors (Lipinski definition) is 5. The molecule has 0 spiro atoms. The fraction of sp³-hybridized carbons (Fsp3) is 0.300. The van der Waals surface area contributed by atoms with Crippen LogP contribution in [0.15, 0.2) is 42.5 Å². The van der Waals surface area contributed by atoms with Crippen molar-refractivity contribution in [1.29, 1.82) is 0 Å². The van der Waals surface area contributed by atoms with E-state index in [1.54, 1.807) is 24.3 Å². The summed E-state index contributed by atoms with van der Waals surface area (Å²) in [6, 6.07) is 12.7. The number of nitrogens with one attached hydrogen (secondary N) is 1. The summed E-state index contributed by atoms with van der Waals surface area (Å²) in [5.41, 5.74) is 2.59. The van der Waals surface area contributed by atoms with E-state index in [1.165, 1.54) is 14.0 Å². The van der Waals surface area contributed by atoms with Crippen molar-refractivity contribution in [3.05, 3.63) is 53.6 Å². The van der Waals surface area contributed by atoms with Crippen LogP contribution < -0.4 is 14.8 Å². The fourth-order valence-electron chi connectivity index (χ4n) is 2.43. The first kappa shape index (κ1) is 19.3. The average molecular weight is 357 g/mol. The summed E-state index contributed by atoms with van der Waals surface area (Å²) < 4.78 is 15.7. The molecule has 6 heteroatoms. The van der Waals surface area contributed by atoms with Crippen molar-refractivity contribution >= 4 is 17.6 Å². The third-order valence-electron chi connectivity index (χ3n) is 3.59. The minimum atomic E-state index is -0.963. The van der Waals surface area contributed by atoms with E-state index < -0.39 is 18.0 Å². The number of anilines is 1. The lowest BCUT2D eigenvalue weighted by Gasteiger charge is -2.15. The molecule has 2 aromatic carbocycles. The molecule has 2 aromatic rings. The monoisotopic (exact) mass is 357 g/mol. The van der Waals surface area contributed by atoms with E-state index in [-0.39, 0.29) is 6.61 Å². The summed E-state index contributed by atoms with van der Waals surface area (Å²) in [6.45, 7) is 5.12. The number of ether oxygens (including phenoxy) is 3. The molecule has 0 saturated carbocycles. The number of rotatable bonds is 7. The van der Waals surface area contributed by atoms with Crippen LogP contribution in [0.4, 0.5) is 5.69 Å². The van der Waals surface area contributed by atoms with Gasteiger partial charge in [-0.2, -0.15) is 0 Å². The Morgan fingerprint density at radius 3 is 2.38 bits per heavy atom. The first-order valence-electron chi connectivity index (χ1n) is 8.23. The molecule has 0 saturated heterocycles. The fourth-order valence-corrected chi connectivity index (χ4v) is 2.43. The number of aryl methyl sites for hydroxylation is 2. The molecule has 1 amide bonds. The summed E-state index contributed by atoms with van der Waals surface area (Å²) in [4.78, 5) is 24.1. The largest absolute Gasteiger partial charge is 0.495 e. The van der Waals surface area contributed by atoms with Gasteiger partial charge in [0, 0.05) is 0 Å². The lowest BCUT2D eigenvalue weighted by Crippen LogP contribution is -2.31. The topological polar surface area (TPSA) is 73.9 Å². The number of carbonyl (C=O) groups excluding carboxylic acids is 2. The number of methoxy groups -OCH3 is 1. The zero-order valence-corrected chi connectivity index (χ0v) is 15.4. The minimum absolute atomic E-state index is 0.269. The van der Waals surface area contributed by atoms with Crippen molar-refractivity contribution in [3.63, 3.8) is 0 Å². The van der Waals surface area contributed by atoms with Crippen LogP contribution in [0.25, 0.3) is 0 Å². The van der Waals surface area contributed by atoms with E-state index >= 15 is 0 Å². The number of hydrogen-bond donors (Lipinski definition) is 1. The second kappa shape index (κ2) is 8.89. The quantitative estimate of drug-likeness (QED) is 0.770. The Hall–Kier alpha value is -3.02. The summed E-state index contributed by atoms with van der Waals surface area (Å²) in [5, 5.41) is 2.67. The van der Waals surface area contributed by atoms with Gasteiger partial charge >= 0.3 is 5.97 Å². The molecule has 0 aliphatic rings. The van der Waals surface area contributed by atoms with Gasteiger partial charge in [-0.3, -0.25) is 4.79 Å². The molecule has 26 heavy (non-hydrogen) atoms. The maximum Gasteiger partial charge on any atom is 0.344 e. The molecule has 0 fully saturated rings. The summed E-state index contributed by atoms with van der Waals surface area (Å²) in [6.07, 6.45) is -0.963. The Labute approximate surface area is 153 Å². The van der Waals surface area contributed by atoms with Crippen LogP contribution in [0.5, 0.6) is 11.5 Å². The van der Waals surface area contributed by atoms with E-state index in [4.69, 9.17) is 14.2 Å². The second-order valence-electron chi connectivity index (χ2n) is 5.93. The van der Waals surface area contributed by atoms with Crippen LogP contribution in [0.3, 0.4) is 0 Å². The molecule has 0 unspecified atom stereocenters. The van der Waals surface area contributed by atoms with Crippen molar-refractivity contribution in [2.24, 2.45) is 0 Å². The molecule has 138 valence electrons. The predicted octanol–water partition coefficient (Wildman–Crippen LogP) is 3.26. The van der Waals surface area contributed by atoms with Crippen LogP contribution in [-0.4, -0.2) is 31.7 Å². The van der Waals surface area contributed by atoms with E-state index in [0.29, 0.717) is 17.2 Å². The molecule has 2 rings (SSSR count). The smallest absolute Gasteiger partial charge is 0.344 e. The summed E-state index contributed by atoms with van der Waals surface area (Å²) >= 11 is 0. The first-order chi connectivity index (χ1) is 12.4. The maximum absolute atomic E-state index is 12.2. The molecule has 0 aliphatic heterocycles. The number of benzene rings is 2. The van der Waals surface area contributed by atoms with Gasteiger partial charge in [-0.15, -0.1) is 0 Å². The van der Waals surface area contributed by atoms with Gasteiger partial charge in [-0.1, -0.05) is 18.2 Å². The van der Waals surface area contributed by atoms with Crippen LogP contribution in [0, 0.1) is 13.8 Å². The molecule has 0 radical (unpaired) electrons. The average Bonchev–Trinajstić information content (AvgIpc) is 2.59. The van der Waals surface area contributed by atoms with Gasteiger partial charge in [-0.05, 0) is 56.2 Å². The second-order valence-corrected chi connectivity index (χ2v) is 5.93. The molecule has 1 atom stereocenters. The van der Waals surface area contributed by atoms with Crippen LogP contribution in [0.1, 0.15) is 18.1 Å². The van der Waals surface area contributed by atoms with Gasteiger partial charge in [0.05, 0.1) is 12.8 Å². The number of amides is 1. The third kappa shape index (κ3) is 5.51. The lowest BCUT2D eigenvalue weighted by molar-refractivity contribution is -0.155.